The monoisotopic (exact) mass is 325 g/mol. The van der Waals surface area contributed by atoms with Crippen LogP contribution in [0.25, 0.3) is 0 Å². The molecule has 1 atom stereocenters. The highest BCUT2D eigenvalue weighted by atomic mass is 16.5. The Morgan fingerprint density at radius 2 is 1.96 bits per heavy atom. The van der Waals surface area contributed by atoms with Crippen molar-refractivity contribution >= 4 is 11.5 Å². The second-order valence-corrected chi connectivity index (χ2v) is 5.58. The predicted octanol–water partition coefficient (Wildman–Crippen LogP) is 3.47. The lowest BCUT2D eigenvalue weighted by molar-refractivity contribution is 0.101. The van der Waals surface area contributed by atoms with Gasteiger partial charge in [-0.2, -0.15) is 0 Å². The van der Waals surface area contributed by atoms with Crippen molar-refractivity contribution in [1.29, 1.82) is 0 Å². The van der Waals surface area contributed by atoms with Crippen LogP contribution in [0.1, 0.15) is 22.8 Å². The quantitative estimate of drug-likeness (QED) is 0.547. The SMILES string of the molecule is C=CCc1ccccc1OCC(O)CNc1ccc(C(C)=O)cc1. The zero-order valence-corrected chi connectivity index (χ0v) is 13.9. The highest BCUT2D eigenvalue weighted by molar-refractivity contribution is 5.94. The maximum Gasteiger partial charge on any atom is 0.159 e. The average molecular weight is 325 g/mol. The molecule has 0 saturated carbocycles. The molecule has 0 fully saturated rings. The van der Waals surface area contributed by atoms with Crippen LogP contribution in [0.4, 0.5) is 5.69 Å². The van der Waals surface area contributed by atoms with E-state index in [1.165, 1.54) is 6.92 Å². The number of aliphatic hydroxyl groups is 1. The van der Waals surface area contributed by atoms with Gasteiger partial charge in [0.25, 0.3) is 0 Å². The number of hydrogen-bond donors (Lipinski definition) is 2. The summed E-state index contributed by atoms with van der Waals surface area (Å²) in [4.78, 5) is 11.2. The van der Waals surface area contributed by atoms with E-state index in [0.29, 0.717) is 12.1 Å². The fraction of sp³-hybridized carbons (Fsp3) is 0.250. The molecule has 0 radical (unpaired) electrons. The van der Waals surface area contributed by atoms with E-state index in [4.69, 9.17) is 4.74 Å². The van der Waals surface area contributed by atoms with Crippen molar-refractivity contribution < 1.29 is 14.6 Å². The Kier molecular flexibility index (Phi) is 6.58. The minimum atomic E-state index is -0.644. The van der Waals surface area contributed by atoms with E-state index >= 15 is 0 Å². The molecule has 126 valence electrons. The molecule has 0 aromatic heterocycles. The maximum absolute atomic E-state index is 11.2. The normalized spacial score (nSPS) is 11.6. The Balaban J connectivity index is 1.82. The van der Waals surface area contributed by atoms with Gasteiger partial charge < -0.3 is 15.2 Å². The smallest absolute Gasteiger partial charge is 0.159 e. The van der Waals surface area contributed by atoms with Gasteiger partial charge in [-0.05, 0) is 49.2 Å². The fourth-order valence-electron chi connectivity index (χ4n) is 2.27. The topological polar surface area (TPSA) is 58.6 Å². The summed E-state index contributed by atoms with van der Waals surface area (Å²) in [6.45, 7) is 5.84. The van der Waals surface area contributed by atoms with E-state index in [0.717, 1.165) is 23.4 Å². The second-order valence-electron chi connectivity index (χ2n) is 5.58. The van der Waals surface area contributed by atoms with Crippen LogP contribution in [0.5, 0.6) is 5.75 Å². The predicted molar refractivity (Wildman–Crippen MR) is 96.8 cm³/mol. The molecule has 0 aliphatic carbocycles. The first-order valence-electron chi connectivity index (χ1n) is 7.94. The number of para-hydroxylation sites is 1. The number of allylic oxidation sites excluding steroid dienone is 1. The number of rotatable bonds is 9. The highest BCUT2D eigenvalue weighted by Crippen LogP contribution is 2.19. The summed E-state index contributed by atoms with van der Waals surface area (Å²) < 4.78 is 5.71. The molecular formula is C20H23NO3. The summed E-state index contributed by atoms with van der Waals surface area (Å²) in [6.07, 6.45) is 1.91. The van der Waals surface area contributed by atoms with Crippen molar-refractivity contribution in [2.45, 2.75) is 19.4 Å². The van der Waals surface area contributed by atoms with Gasteiger partial charge in [0.2, 0.25) is 0 Å². The molecular weight excluding hydrogens is 302 g/mol. The van der Waals surface area contributed by atoms with Crippen LogP contribution >= 0.6 is 0 Å². The van der Waals surface area contributed by atoms with Crippen LogP contribution in [-0.2, 0) is 6.42 Å². The van der Waals surface area contributed by atoms with Crippen molar-refractivity contribution in [3.63, 3.8) is 0 Å². The Morgan fingerprint density at radius 1 is 1.25 bits per heavy atom. The van der Waals surface area contributed by atoms with Crippen molar-refractivity contribution in [2.24, 2.45) is 0 Å². The molecule has 2 aromatic carbocycles. The van der Waals surface area contributed by atoms with Gasteiger partial charge in [-0.15, -0.1) is 6.58 Å². The van der Waals surface area contributed by atoms with Gasteiger partial charge >= 0.3 is 0 Å². The third kappa shape index (κ3) is 5.25. The fourth-order valence-corrected chi connectivity index (χ4v) is 2.27. The number of anilines is 1. The first kappa shape index (κ1) is 17.8. The molecule has 2 aromatic rings. The average Bonchev–Trinajstić information content (AvgIpc) is 2.60. The van der Waals surface area contributed by atoms with Crippen LogP contribution in [0, 0.1) is 0 Å². The van der Waals surface area contributed by atoms with Gasteiger partial charge in [-0.3, -0.25) is 4.79 Å². The Hall–Kier alpha value is -2.59. The number of ether oxygens (including phenoxy) is 1. The van der Waals surface area contributed by atoms with Gasteiger partial charge in [-0.1, -0.05) is 24.3 Å². The molecule has 0 spiro atoms. The Bertz CT molecular complexity index is 680. The van der Waals surface area contributed by atoms with Crippen LogP contribution in [-0.4, -0.2) is 30.1 Å². The highest BCUT2D eigenvalue weighted by Gasteiger charge is 2.08. The van der Waals surface area contributed by atoms with E-state index in [1.807, 2.05) is 42.5 Å². The number of hydrogen-bond acceptors (Lipinski definition) is 4. The number of ketones is 1. The third-order valence-electron chi connectivity index (χ3n) is 3.60. The minimum Gasteiger partial charge on any atom is -0.491 e. The number of Topliss-reactive ketones (excluding diaryl/α,β-unsaturated/α-hetero) is 1. The molecule has 2 rings (SSSR count). The molecule has 0 amide bonds. The van der Waals surface area contributed by atoms with E-state index in [-0.39, 0.29) is 12.4 Å². The molecule has 0 saturated heterocycles. The number of aliphatic hydroxyl groups excluding tert-OH is 1. The van der Waals surface area contributed by atoms with E-state index in [2.05, 4.69) is 11.9 Å². The number of benzene rings is 2. The zero-order chi connectivity index (χ0) is 17.4. The lowest BCUT2D eigenvalue weighted by Crippen LogP contribution is -2.26. The van der Waals surface area contributed by atoms with Gasteiger partial charge in [0.1, 0.15) is 18.5 Å². The van der Waals surface area contributed by atoms with Gasteiger partial charge in [0, 0.05) is 17.8 Å². The summed E-state index contributed by atoms with van der Waals surface area (Å²) in [5.41, 5.74) is 2.57. The summed E-state index contributed by atoms with van der Waals surface area (Å²) in [7, 11) is 0. The molecule has 4 nitrogen and oxygen atoms in total. The van der Waals surface area contributed by atoms with Gasteiger partial charge in [0.05, 0.1) is 0 Å². The van der Waals surface area contributed by atoms with E-state index in [9.17, 15) is 9.90 Å². The summed E-state index contributed by atoms with van der Waals surface area (Å²) >= 11 is 0. The second kappa shape index (κ2) is 8.89. The molecule has 0 aliphatic heterocycles. The number of carbonyl (C=O) groups excluding carboxylic acids is 1. The van der Waals surface area contributed by atoms with Gasteiger partial charge in [0.15, 0.2) is 5.78 Å². The summed E-state index contributed by atoms with van der Waals surface area (Å²) in [5.74, 6) is 0.801. The third-order valence-corrected chi connectivity index (χ3v) is 3.60. The molecule has 0 bridgehead atoms. The van der Waals surface area contributed by atoms with Gasteiger partial charge in [-0.25, -0.2) is 0 Å². The molecule has 1 unspecified atom stereocenters. The lowest BCUT2D eigenvalue weighted by atomic mass is 10.1. The number of carbonyl (C=O) groups is 1. The Labute approximate surface area is 142 Å². The summed E-state index contributed by atoms with van der Waals surface area (Å²) in [6, 6.07) is 14.9. The van der Waals surface area contributed by atoms with E-state index < -0.39 is 6.10 Å². The first-order chi connectivity index (χ1) is 11.6. The first-order valence-corrected chi connectivity index (χ1v) is 7.94. The van der Waals surface area contributed by atoms with Crippen LogP contribution in [0.2, 0.25) is 0 Å². The van der Waals surface area contributed by atoms with Crippen LogP contribution < -0.4 is 10.1 Å². The number of nitrogens with one attached hydrogen (secondary N) is 1. The maximum atomic E-state index is 11.2. The molecule has 0 heterocycles. The lowest BCUT2D eigenvalue weighted by Gasteiger charge is -2.16. The zero-order valence-electron chi connectivity index (χ0n) is 13.9. The molecule has 0 aliphatic rings. The standard InChI is InChI=1S/C20H23NO3/c1-3-6-17-7-4-5-8-20(17)24-14-19(23)13-21-18-11-9-16(10-12-18)15(2)22/h3-5,7-12,19,21,23H,1,6,13-14H2,2H3. The van der Waals surface area contributed by atoms with Crippen molar-refractivity contribution in [3.05, 3.63) is 72.3 Å². The van der Waals surface area contributed by atoms with Crippen molar-refractivity contribution in [1.82, 2.24) is 0 Å². The van der Waals surface area contributed by atoms with Crippen LogP contribution in [0.3, 0.4) is 0 Å². The van der Waals surface area contributed by atoms with E-state index in [1.54, 1.807) is 12.1 Å². The molecule has 4 heteroatoms. The van der Waals surface area contributed by atoms with Crippen molar-refractivity contribution in [3.8, 4) is 5.75 Å². The largest absolute Gasteiger partial charge is 0.491 e. The summed E-state index contributed by atoms with van der Waals surface area (Å²) in [5, 5.41) is 13.2. The molecule has 24 heavy (non-hydrogen) atoms. The molecule has 2 N–H and O–H groups in total. The van der Waals surface area contributed by atoms with Crippen LogP contribution in [0.15, 0.2) is 61.2 Å². The minimum absolute atomic E-state index is 0.0353. The Morgan fingerprint density at radius 3 is 2.62 bits per heavy atom. The van der Waals surface area contributed by atoms with Crippen molar-refractivity contribution in [2.75, 3.05) is 18.5 Å².